The van der Waals surface area contributed by atoms with Crippen LogP contribution in [0.3, 0.4) is 0 Å². The number of hydrogen-bond acceptors (Lipinski definition) is 2. The molecule has 0 saturated carbocycles. The second-order valence-electron chi connectivity index (χ2n) is 5.10. The van der Waals surface area contributed by atoms with Crippen molar-refractivity contribution in [1.82, 2.24) is 9.80 Å². The quantitative estimate of drug-likeness (QED) is 0.556. The Morgan fingerprint density at radius 2 is 1.41 bits per heavy atom. The van der Waals surface area contributed by atoms with Crippen LogP contribution < -0.4 is 0 Å². The Bertz CT molecular complexity index is 213. The highest BCUT2D eigenvalue weighted by molar-refractivity contribution is 4.96. The third kappa shape index (κ3) is 4.61. The minimum atomic E-state index is 0.645. The van der Waals surface area contributed by atoms with Gasteiger partial charge in [-0.25, -0.2) is 0 Å². The van der Waals surface area contributed by atoms with Crippen molar-refractivity contribution in [3.63, 3.8) is 0 Å². The van der Waals surface area contributed by atoms with Gasteiger partial charge in [-0.3, -0.25) is 0 Å². The molecular formula is C15H30N2. The van der Waals surface area contributed by atoms with Crippen molar-refractivity contribution in [2.75, 3.05) is 13.1 Å². The molecule has 2 heteroatoms. The van der Waals surface area contributed by atoms with Crippen LogP contribution in [-0.2, 0) is 0 Å². The first kappa shape index (κ1) is 14.4. The van der Waals surface area contributed by atoms with Crippen molar-refractivity contribution in [1.29, 1.82) is 0 Å². The summed E-state index contributed by atoms with van der Waals surface area (Å²) in [6, 6.07) is 0. The van der Waals surface area contributed by atoms with Crippen molar-refractivity contribution in [3.05, 3.63) is 12.4 Å². The molecule has 0 fully saturated rings. The molecule has 2 nitrogen and oxygen atoms in total. The number of rotatable bonds is 9. The molecule has 0 spiro atoms. The Kier molecular flexibility index (Phi) is 7.14. The molecule has 0 aromatic heterocycles. The lowest BCUT2D eigenvalue weighted by Gasteiger charge is -2.32. The molecule has 0 aromatic rings. The molecule has 1 aliphatic rings. The van der Waals surface area contributed by atoms with Crippen molar-refractivity contribution in [2.45, 2.75) is 71.9 Å². The van der Waals surface area contributed by atoms with Gasteiger partial charge in [0.25, 0.3) is 0 Å². The predicted molar refractivity (Wildman–Crippen MR) is 75.7 cm³/mol. The average molecular weight is 238 g/mol. The van der Waals surface area contributed by atoms with Crippen LogP contribution in [0.1, 0.15) is 65.7 Å². The molecule has 100 valence electrons. The van der Waals surface area contributed by atoms with E-state index < -0.39 is 0 Å². The van der Waals surface area contributed by atoms with E-state index in [1.165, 1.54) is 58.0 Å². The van der Waals surface area contributed by atoms with Gasteiger partial charge < -0.3 is 9.80 Å². The average Bonchev–Trinajstić information content (AvgIpc) is 2.70. The Labute approximate surface area is 108 Å². The molecule has 0 aliphatic carbocycles. The first-order valence-electron chi connectivity index (χ1n) is 7.53. The van der Waals surface area contributed by atoms with Gasteiger partial charge in [0.05, 0.1) is 0 Å². The molecule has 0 saturated heterocycles. The van der Waals surface area contributed by atoms with E-state index in [-0.39, 0.29) is 0 Å². The van der Waals surface area contributed by atoms with Gasteiger partial charge in [-0.05, 0) is 25.7 Å². The summed E-state index contributed by atoms with van der Waals surface area (Å²) in [6.07, 6.45) is 14.5. The van der Waals surface area contributed by atoms with Gasteiger partial charge in [0.2, 0.25) is 0 Å². The van der Waals surface area contributed by atoms with Gasteiger partial charge in [0, 0.05) is 25.5 Å². The van der Waals surface area contributed by atoms with E-state index in [1.807, 2.05) is 0 Å². The maximum absolute atomic E-state index is 2.56. The molecule has 0 aromatic carbocycles. The minimum absolute atomic E-state index is 0.645. The van der Waals surface area contributed by atoms with Gasteiger partial charge in [0.1, 0.15) is 6.17 Å². The molecule has 1 rings (SSSR count). The van der Waals surface area contributed by atoms with Gasteiger partial charge in [-0.2, -0.15) is 0 Å². The number of nitrogens with zero attached hydrogens (tertiary/aromatic N) is 2. The lowest BCUT2D eigenvalue weighted by molar-refractivity contribution is 0.138. The summed E-state index contributed by atoms with van der Waals surface area (Å²) in [4.78, 5) is 5.09. The first-order valence-corrected chi connectivity index (χ1v) is 7.53. The molecule has 0 radical (unpaired) electrons. The van der Waals surface area contributed by atoms with Crippen molar-refractivity contribution >= 4 is 0 Å². The van der Waals surface area contributed by atoms with Crippen molar-refractivity contribution in [3.8, 4) is 0 Å². The highest BCUT2D eigenvalue weighted by Crippen LogP contribution is 2.21. The topological polar surface area (TPSA) is 6.48 Å². The molecule has 1 atom stereocenters. The second kappa shape index (κ2) is 8.43. The first-order chi connectivity index (χ1) is 8.33. The van der Waals surface area contributed by atoms with Gasteiger partial charge in [-0.1, -0.05) is 40.0 Å². The van der Waals surface area contributed by atoms with Crippen molar-refractivity contribution < 1.29 is 0 Å². The smallest absolute Gasteiger partial charge is 0.101 e. The zero-order valence-corrected chi connectivity index (χ0v) is 12.0. The molecule has 1 heterocycles. The highest BCUT2D eigenvalue weighted by Gasteiger charge is 2.24. The number of hydrogen-bond donors (Lipinski definition) is 0. The van der Waals surface area contributed by atoms with Crippen LogP contribution in [0.2, 0.25) is 0 Å². The fourth-order valence-electron chi connectivity index (χ4n) is 2.53. The van der Waals surface area contributed by atoms with Crippen LogP contribution in [0.4, 0.5) is 0 Å². The molecule has 0 N–H and O–H groups in total. The van der Waals surface area contributed by atoms with E-state index in [9.17, 15) is 0 Å². The van der Waals surface area contributed by atoms with Gasteiger partial charge in [-0.15, -0.1) is 0 Å². The van der Waals surface area contributed by atoms with Gasteiger partial charge >= 0.3 is 0 Å². The third-order valence-corrected chi connectivity index (χ3v) is 3.53. The zero-order valence-electron chi connectivity index (χ0n) is 12.0. The molecule has 1 aliphatic heterocycles. The van der Waals surface area contributed by atoms with E-state index in [1.54, 1.807) is 0 Å². The Morgan fingerprint density at radius 1 is 0.765 bits per heavy atom. The van der Waals surface area contributed by atoms with E-state index >= 15 is 0 Å². The molecular weight excluding hydrogens is 208 g/mol. The van der Waals surface area contributed by atoms with Crippen LogP contribution in [0.15, 0.2) is 12.4 Å². The molecule has 1 unspecified atom stereocenters. The summed E-state index contributed by atoms with van der Waals surface area (Å²) < 4.78 is 0. The van der Waals surface area contributed by atoms with E-state index in [2.05, 4.69) is 43.0 Å². The SMILES string of the molecule is CCCCCN1C=CN(CCC)C1CCCC. The maximum Gasteiger partial charge on any atom is 0.101 e. The summed E-state index contributed by atoms with van der Waals surface area (Å²) >= 11 is 0. The van der Waals surface area contributed by atoms with Crippen LogP contribution in [0, 0.1) is 0 Å². The van der Waals surface area contributed by atoms with Crippen LogP contribution in [-0.4, -0.2) is 29.1 Å². The lowest BCUT2D eigenvalue weighted by Crippen LogP contribution is -2.39. The van der Waals surface area contributed by atoms with Crippen LogP contribution in [0.25, 0.3) is 0 Å². The fraction of sp³-hybridized carbons (Fsp3) is 0.867. The zero-order chi connectivity index (χ0) is 12.5. The lowest BCUT2D eigenvalue weighted by atomic mass is 10.1. The van der Waals surface area contributed by atoms with Crippen molar-refractivity contribution in [2.24, 2.45) is 0 Å². The Morgan fingerprint density at radius 3 is 2.00 bits per heavy atom. The Balaban J connectivity index is 2.41. The standard InChI is InChI=1S/C15H30N2/c1-4-7-9-12-17-14-13-16(11-6-3)15(17)10-8-5-2/h13-15H,4-12H2,1-3H3. The summed E-state index contributed by atoms with van der Waals surface area (Å²) in [7, 11) is 0. The van der Waals surface area contributed by atoms with Gasteiger partial charge in [0.15, 0.2) is 0 Å². The monoisotopic (exact) mass is 238 g/mol. The summed E-state index contributed by atoms with van der Waals surface area (Å²) in [5.41, 5.74) is 0. The van der Waals surface area contributed by atoms with E-state index in [0.29, 0.717) is 6.17 Å². The van der Waals surface area contributed by atoms with E-state index in [0.717, 1.165) is 0 Å². The Hall–Kier alpha value is -0.660. The summed E-state index contributed by atoms with van der Waals surface area (Å²) in [5.74, 6) is 0. The minimum Gasteiger partial charge on any atom is -0.356 e. The van der Waals surface area contributed by atoms with Crippen LogP contribution >= 0.6 is 0 Å². The third-order valence-electron chi connectivity index (χ3n) is 3.53. The second-order valence-corrected chi connectivity index (χ2v) is 5.10. The number of unbranched alkanes of at least 4 members (excludes halogenated alkanes) is 3. The molecule has 17 heavy (non-hydrogen) atoms. The maximum atomic E-state index is 2.56. The van der Waals surface area contributed by atoms with Crippen LogP contribution in [0.5, 0.6) is 0 Å². The fourth-order valence-corrected chi connectivity index (χ4v) is 2.53. The molecule has 0 bridgehead atoms. The summed E-state index contributed by atoms with van der Waals surface area (Å²) in [5, 5.41) is 0. The highest BCUT2D eigenvalue weighted by atomic mass is 15.4. The van der Waals surface area contributed by atoms with E-state index in [4.69, 9.17) is 0 Å². The molecule has 0 amide bonds. The summed E-state index contributed by atoms with van der Waals surface area (Å²) in [6.45, 7) is 9.27. The predicted octanol–water partition coefficient (Wildman–Crippen LogP) is 4.19. The largest absolute Gasteiger partial charge is 0.356 e. The normalized spacial score (nSPS) is 19.4.